The van der Waals surface area contributed by atoms with Gasteiger partial charge in [0.2, 0.25) is 0 Å². The predicted octanol–water partition coefficient (Wildman–Crippen LogP) is 11.5. The molecule has 0 aromatic rings. The molecule has 0 heterocycles. The molecule has 0 atom stereocenters. The van der Waals surface area contributed by atoms with Crippen molar-refractivity contribution >= 4 is 11.8 Å². The van der Waals surface area contributed by atoms with Crippen LogP contribution >= 0.6 is 0 Å². The molecule has 0 bridgehead atoms. The average molecular weight is 537 g/mol. The fourth-order valence-corrected chi connectivity index (χ4v) is 5.91. The van der Waals surface area contributed by atoms with Gasteiger partial charge in [0.15, 0.2) is 0 Å². The summed E-state index contributed by atoms with van der Waals surface area (Å²) in [5, 5.41) is 0. The van der Waals surface area contributed by atoms with Gasteiger partial charge in [-0.05, 0) is 33.1 Å². The second kappa shape index (κ2) is 26.5. The molecule has 226 valence electrons. The molecule has 0 aromatic heterocycles. The summed E-state index contributed by atoms with van der Waals surface area (Å²) in [5.74, 6) is 0.384. The first-order chi connectivity index (χ1) is 18.5. The van der Waals surface area contributed by atoms with Gasteiger partial charge in [-0.2, -0.15) is 4.48 Å². The first-order valence-electron chi connectivity index (χ1n) is 17.4. The van der Waals surface area contributed by atoms with E-state index in [1.165, 1.54) is 116 Å². The van der Waals surface area contributed by atoms with Crippen molar-refractivity contribution in [3.8, 4) is 0 Å². The lowest BCUT2D eigenvalue weighted by Crippen LogP contribution is -2.61. The molecule has 38 heavy (non-hydrogen) atoms. The number of hydrogen-bond acceptors (Lipinski definition) is 2. The molecule has 0 saturated heterocycles. The number of carbonyl (C=O) groups is 2. The van der Waals surface area contributed by atoms with E-state index in [0.29, 0.717) is 19.4 Å². The fraction of sp³-hybridized carbons (Fsp3) is 0.943. The Labute approximate surface area is 239 Å². The number of quaternary nitrogens is 1. The Bertz CT molecular complexity index is 504. The summed E-state index contributed by atoms with van der Waals surface area (Å²) >= 11 is 0. The molecule has 0 unspecified atom stereocenters. The third-order valence-corrected chi connectivity index (χ3v) is 8.62. The molecule has 0 N–H and O–H groups in total. The van der Waals surface area contributed by atoms with Crippen molar-refractivity contribution in [1.29, 1.82) is 0 Å². The molecule has 0 fully saturated rings. The van der Waals surface area contributed by atoms with Gasteiger partial charge in [0.1, 0.15) is 0 Å². The lowest BCUT2D eigenvalue weighted by Gasteiger charge is -2.37. The van der Waals surface area contributed by atoms with Gasteiger partial charge in [0, 0.05) is 0 Å². The van der Waals surface area contributed by atoms with Gasteiger partial charge >= 0.3 is 11.8 Å². The number of carbonyl (C=O) groups excluding carboxylic acids is 2. The maximum atomic E-state index is 13.6. The van der Waals surface area contributed by atoms with Crippen LogP contribution in [0.1, 0.15) is 202 Å². The first-order valence-corrected chi connectivity index (χ1v) is 17.4. The Morgan fingerprint density at radius 3 is 0.947 bits per heavy atom. The third-order valence-electron chi connectivity index (χ3n) is 8.62. The van der Waals surface area contributed by atoms with Crippen LogP contribution in [0.4, 0.5) is 0 Å². The summed E-state index contributed by atoms with van der Waals surface area (Å²) in [6.45, 7) is 11.6. The largest absolute Gasteiger partial charge is 0.321 e. The van der Waals surface area contributed by atoms with Crippen LogP contribution in [0.5, 0.6) is 0 Å². The molecule has 0 radical (unpaired) electrons. The quantitative estimate of drug-likeness (QED) is 0.0736. The number of hydrogen-bond donors (Lipinski definition) is 0. The molecule has 0 aliphatic rings. The lowest BCUT2D eigenvalue weighted by atomic mass is 10.0. The number of unbranched alkanes of at least 4 members (excludes halogenated alkanes) is 21. The van der Waals surface area contributed by atoms with E-state index in [2.05, 4.69) is 34.6 Å². The van der Waals surface area contributed by atoms with Crippen LogP contribution in [0.25, 0.3) is 0 Å². The topological polar surface area (TPSA) is 34.1 Å². The highest BCUT2D eigenvalue weighted by Crippen LogP contribution is 2.24. The predicted molar refractivity (Wildman–Crippen MR) is 167 cm³/mol. The van der Waals surface area contributed by atoms with Crippen LogP contribution in [0, 0.1) is 0 Å². The number of nitrogens with zero attached hydrogens (tertiary/aromatic N) is 1. The van der Waals surface area contributed by atoms with Crippen LogP contribution in [0.3, 0.4) is 0 Å². The molecule has 0 rings (SSSR count). The first kappa shape index (κ1) is 37.3. The Balaban J connectivity index is 4.37. The zero-order valence-electron chi connectivity index (χ0n) is 26.9. The normalized spacial score (nSPS) is 11.9. The van der Waals surface area contributed by atoms with Crippen LogP contribution in [-0.4, -0.2) is 28.9 Å². The van der Waals surface area contributed by atoms with Gasteiger partial charge in [-0.15, -0.1) is 0 Å². The van der Waals surface area contributed by atoms with E-state index in [9.17, 15) is 9.59 Å². The second-order valence-corrected chi connectivity index (χ2v) is 12.4. The Hall–Kier alpha value is -0.700. The smallest absolute Gasteiger partial charge is 0.230 e. The van der Waals surface area contributed by atoms with E-state index in [1.807, 2.05) is 0 Å². The number of rotatable bonds is 28. The lowest BCUT2D eigenvalue weighted by molar-refractivity contribution is -0.803. The van der Waals surface area contributed by atoms with E-state index in [4.69, 9.17) is 0 Å². The van der Waals surface area contributed by atoms with Gasteiger partial charge in [-0.3, -0.25) is 0 Å². The third kappa shape index (κ3) is 17.8. The SMILES string of the molecule is CCCCCCCCCCCCCC(=O)[N+](CCCC)(C(=O)CCCCCCCCCCCCC)C(C)C. The van der Waals surface area contributed by atoms with E-state index < -0.39 is 0 Å². The van der Waals surface area contributed by atoms with Crippen molar-refractivity contribution in [3.63, 3.8) is 0 Å². The van der Waals surface area contributed by atoms with Crippen LogP contribution < -0.4 is 0 Å². The van der Waals surface area contributed by atoms with Gasteiger partial charge in [-0.25, -0.2) is 9.59 Å². The Morgan fingerprint density at radius 1 is 0.421 bits per heavy atom. The summed E-state index contributed by atoms with van der Waals surface area (Å²) in [6.07, 6.45) is 31.4. The van der Waals surface area contributed by atoms with Gasteiger partial charge in [0.25, 0.3) is 0 Å². The summed E-state index contributed by atoms with van der Waals surface area (Å²) in [6, 6.07) is 0.0435. The van der Waals surface area contributed by atoms with E-state index in [1.54, 1.807) is 0 Å². The van der Waals surface area contributed by atoms with Crippen molar-refractivity contribution in [1.82, 2.24) is 0 Å². The summed E-state index contributed by atoms with van der Waals surface area (Å²) in [5.41, 5.74) is 0. The van der Waals surface area contributed by atoms with Crippen molar-refractivity contribution in [2.24, 2.45) is 0 Å². The van der Waals surface area contributed by atoms with Gasteiger partial charge < -0.3 is 0 Å². The van der Waals surface area contributed by atoms with E-state index in [0.717, 1.165) is 38.5 Å². The minimum atomic E-state index is 0.0435. The van der Waals surface area contributed by atoms with E-state index in [-0.39, 0.29) is 22.3 Å². The minimum Gasteiger partial charge on any atom is -0.230 e. The summed E-state index contributed by atoms with van der Waals surface area (Å²) < 4.78 is 0.101. The maximum absolute atomic E-state index is 13.6. The molecule has 0 saturated carbocycles. The maximum Gasteiger partial charge on any atom is 0.321 e. The summed E-state index contributed by atoms with van der Waals surface area (Å²) in [4.78, 5) is 27.1. The highest BCUT2D eigenvalue weighted by atomic mass is 16.2. The molecular formula is C35H70NO2+. The molecule has 3 nitrogen and oxygen atoms in total. The summed E-state index contributed by atoms with van der Waals surface area (Å²) in [7, 11) is 0. The Kier molecular flexibility index (Phi) is 26.0. The standard InChI is InChI=1S/C35H70NO2/c1-6-9-12-14-16-18-20-22-24-26-28-30-34(37)36(33(4)5,32-11-8-3)35(38)31-29-27-25-23-21-19-17-15-13-10-7-2/h33H,6-32H2,1-5H3/q+1. The molecule has 0 aliphatic heterocycles. The minimum absolute atomic E-state index is 0.0435. The second-order valence-electron chi connectivity index (χ2n) is 12.4. The number of imide groups is 1. The zero-order chi connectivity index (χ0) is 28.3. The van der Waals surface area contributed by atoms with Crippen LogP contribution in [0.2, 0.25) is 0 Å². The molecule has 3 heteroatoms. The Morgan fingerprint density at radius 2 is 0.684 bits per heavy atom. The van der Waals surface area contributed by atoms with Gasteiger partial charge in [0.05, 0.1) is 25.4 Å². The molecule has 0 aliphatic carbocycles. The highest BCUT2D eigenvalue weighted by Gasteiger charge is 2.45. The van der Waals surface area contributed by atoms with Crippen molar-refractivity contribution < 1.29 is 14.1 Å². The van der Waals surface area contributed by atoms with Crippen molar-refractivity contribution in [2.75, 3.05) is 6.54 Å². The van der Waals surface area contributed by atoms with Crippen LogP contribution in [0.15, 0.2) is 0 Å². The monoisotopic (exact) mass is 537 g/mol. The average Bonchev–Trinajstić information content (AvgIpc) is 2.90. The zero-order valence-corrected chi connectivity index (χ0v) is 26.9. The molecular weight excluding hydrogens is 466 g/mol. The molecule has 0 spiro atoms. The molecule has 2 amide bonds. The van der Waals surface area contributed by atoms with Crippen molar-refractivity contribution in [3.05, 3.63) is 0 Å². The van der Waals surface area contributed by atoms with E-state index >= 15 is 0 Å². The number of amides is 2. The molecule has 0 aromatic carbocycles. The van der Waals surface area contributed by atoms with Crippen molar-refractivity contribution in [2.45, 2.75) is 208 Å². The van der Waals surface area contributed by atoms with Crippen LogP contribution in [-0.2, 0) is 9.59 Å². The fourth-order valence-electron chi connectivity index (χ4n) is 5.91. The highest BCUT2D eigenvalue weighted by molar-refractivity contribution is 5.84. The van der Waals surface area contributed by atoms with Gasteiger partial charge in [-0.1, -0.05) is 156 Å².